The van der Waals surface area contributed by atoms with Crippen molar-refractivity contribution in [3.8, 4) is 5.75 Å². The first-order chi connectivity index (χ1) is 12.6. The fourth-order valence-corrected chi connectivity index (χ4v) is 3.00. The number of carbonyl (C=O) groups is 1. The summed E-state index contributed by atoms with van der Waals surface area (Å²) in [6.45, 7) is 7.35. The minimum atomic E-state index is -0.0438. The Hall–Kier alpha value is -2.76. The average molecular weight is 354 g/mol. The molecule has 0 saturated carbocycles. The summed E-state index contributed by atoms with van der Waals surface area (Å²) in [6, 6.07) is 12.0. The van der Waals surface area contributed by atoms with Crippen LogP contribution in [0, 0.1) is 5.92 Å². The van der Waals surface area contributed by atoms with Crippen LogP contribution >= 0.6 is 0 Å². The van der Waals surface area contributed by atoms with Crippen LogP contribution in [0.25, 0.3) is 0 Å². The van der Waals surface area contributed by atoms with Gasteiger partial charge in [-0.15, -0.1) is 0 Å². The van der Waals surface area contributed by atoms with Gasteiger partial charge in [-0.2, -0.15) is 0 Å². The van der Waals surface area contributed by atoms with Crippen molar-refractivity contribution in [3.63, 3.8) is 0 Å². The minimum Gasteiger partial charge on any atom is -0.495 e. The van der Waals surface area contributed by atoms with Gasteiger partial charge in [-0.25, -0.2) is 4.98 Å². The molecule has 1 fully saturated rings. The number of ether oxygens (including phenoxy) is 1. The van der Waals surface area contributed by atoms with Crippen molar-refractivity contribution in [2.24, 2.45) is 5.92 Å². The van der Waals surface area contributed by atoms with Crippen molar-refractivity contribution < 1.29 is 9.53 Å². The highest BCUT2D eigenvalue weighted by Gasteiger charge is 2.20. The molecule has 1 saturated heterocycles. The molecule has 0 spiro atoms. The molecule has 2 aromatic rings. The van der Waals surface area contributed by atoms with Crippen LogP contribution in [0.15, 0.2) is 42.6 Å². The van der Waals surface area contributed by atoms with Gasteiger partial charge in [0.25, 0.3) is 0 Å². The Morgan fingerprint density at radius 1 is 1.08 bits per heavy atom. The number of hydrogen-bond acceptors (Lipinski definition) is 5. The molecule has 26 heavy (non-hydrogen) atoms. The lowest BCUT2D eigenvalue weighted by atomic mass is 10.2. The number of methoxy groups -OCH3 is 1. The normalized spacial score (nSPS) is 14.5. The number of anilines is 3. The van der Waals surface area contributed by atoms with Crippen LogP contribution in [0.5, 0.6) is 5.75 Å². The number of pyridine rings is 1. The Balaban J connectivity index is 1.60. The molecule has 1 aliphatic rings. The van der Waals surface area contributed by atoms with E-state index in [1.165, 1.54) is 0 Å². The third kappa shape index (κ3) is 4.07. The van der Waals surface area contributed by atoms with Gasteiger partial charge in [0, 0.05) is 32.1 Å². The summed E-state index contributed by atoms with van der Waals surface area (Å²) in [5.74, 6) is 1.80. The first-order valence-corrected chi connectivity index (χ1v) is 8.98. The van der Waals surface area contributed by atoms with E-state index >= 15 is 0 Å². The molecule has 1 N–H and O–H groups in total. The van der Waals surface area contributed by atoms with Crippen molar-refractivity contribution in [1.82, 2.24) is 4.98 Å². The van der Waals surface area contributed by atoms with Crippen LogP contribution in [0.3, 0.4) is 0 Å². The standard InChI is InChI=1S/C20H26N4O2/c1-15(2)20(25)22-16-8-9-19(21-14-16)24-12-10-23(11-13-24)17-6-4-5-7-18(17)26-3/h4-9,14-15H,10-13H2,1-3H3,(H,22,25). The highest BCUT2D eigenvalue weighted by atomic mass is 16.5. The minimum absolute atomic E-state index is 0.00460. The number of para-hydroxylation sites is 2. The van der Waals surface area contributed by atoms with Crippen molar-refractivity contribution in [3.05, 3.63) is 42.6 Å². The van der Waals surface area contributed by atoms with Crippen LogP contribution in [0.4, 0.5) is 17.2 Å². The summed E-state index contributed by atoms with van der Waals surface area (Å²) in [7, 11) is 1.71. The summed E-state index contributed by atoms with van der Waals surface area (Å²) in [6.07, 6.45) is 1.72. The Bertz CT molecular complexity index is 738. The van der Waals surface area contributed by atoms with E-state index in [0.29, 0.717) is 0 Å². The van der Waals surface area contributed by atoms with E-state index in [1.54, 1.807) is 13.3 Å². The molecular formula is C20H26N4O2. The number of piperazine rings is 1. The Labute approximate surface area is 154 Å². The van der Waals surface area contributed by atoms with Gasteiger partial charge in [0.2, 0.25) is 5.91 Å². The molecule has 0 atom stereocenters. The zero-order valence-corrected chi connectivity index (χ0v) is 15.6. The van der Waals surface area contributed by atoms with Crippen molar-refractivity contribution in [2.75, 3.05) is 48.4 Å². The molecule has 0 aliphatic carbocycles. The van der Waals surface area contributed by atoms with E-state index in [-0.39, 0.29) is 11.8 Å². The second-order valence-electron chi connectivity index (χ2n) is 6.69. The second-order valence-corrected chi connectivity index (χ2v) is 6.69. The molecule has 6 heteroatoms. The number of nitrogens with zero attached hydrogens (tertiary/aromatic N) is 3. The van der Waals surface area contributed by atoms with Crippen LogP contribution in [0.2, 0.25) is 0 Å². The van der Waals surface area contributed by atoms with Gasteiger partial charge in [0.1, 0.15) is 11.6 Å². The molecule has 6 nitrogen and oxygen atoms in total. The molecule has 1 aromatic carbocycles. The van der Waals surface area contributed by atoms with Crippen molar-refractivity contribution >= 4 is 23.1 Å². The maximum atomic E-state index is 11.8. The largest absolute Gasteiger partial charge is 0.495 e. The van der Waals surface area contributed by atoms with Crippen LogP contribution < -0.4 is 19.9 Å². The predicted octanol–water partition coefficient (Wildman–Crippen LogP) is 3.01. The number of carbonyl (C=O) groups excluding carboxylic acids is 1. The van der Waals surface area contributed by atoms with Crippen molar-refractivity contribution in [2.45, 2.75) is 13.8 Å². The lowest BCUT2D eigenvalue weighted by Gasteiger charge is -2.37. The smallest absolute Gasteiger partial charge is 0.226 e. The number of hydrogen-bond donors (Lipinski definition) is 1. The molecule has 138 valence electrons. The van der Waals surface area contributed by atoms with Crippen LogP contribution in [-0.4, -0.2) is 44.2 Å². The summed E-state index contributed by atoms with van der Waals surface area (Å²) in [4.78, 5) is 20.9. The molecular weight excluding hydrogens is 328 g/mol. The topological polar surface area (TPSA) is 57.7 Å². The predicted molar refractivity (Wildman–Crippen MR) is 105 cm³/mol. The van der Waals surface area contributed by atoms with Gasteiger partial charge >= 0.3 is 0 Å². The van der Waals surface area contributed by atoms with Gasteiger partial charge in [0.05, 0.1) is 24.7 Å². The number of nitrogens with one attached hydrogen (secondary N) is 1. The van der Waals surface area contributed by atoms with E-state index in [1.807, 2.05) is 44.2 Å². The SMILES string of the molecule is COc1ccccc1N1CCN(c2ccc(NC(=O)C(C)C)cn2)CC1. The Morgan fingerprint density at radius 3 is 2.38 bits per heavy atom. The quantitative estimate of drug-likeness (QED) is 0.894. The molecule has 1 aliphatic heterocycles. The van der Waals surface area contributed by atoms with E-state index in [4.69, 9.17) is 4.74 Å². The van der Waals surface area contributed by atoms with Gasteiger partial charge in [-0.1, -0.05) is 26.0 Å². The maximum absolute atomic E-state index is 11.8. The monoisotopic (exact) mass is 354 g/mol. The first-order valence-electron chi connectivity index (χ1n) is 8.98. The lowest BCUT2D eigenvalue weighted by Crippen LogP contribution is -2.46. The molecule has 0 bridgehead atoms. The number of amides is 1. The van der Waals surface area contributed by atoms with E-state index in [2.05, 4.69) is 26.2 Å². The van der Waals surface area contributed by atoms with Crippen LogP contribution in [0.1, 0.15) is 13.8 Å². The van der Waals surface area contributed by atoms with Gasteiger partial charge in [0.15, 0.2) is 0 Å². The zero-order chi connectivity index (χ0) is 18.5. The van der Waals surface area contributed by atoms with E-state index < -0.39 is 0 Å². The van der Waals surface area contributed by atoms with Gasteiger partial charge in [-0.05, 0) is 24.3 Å². The molecule has 1 aromatic heterocycles. The second kappa shape index (κ2) is 8.08. The third-order valence-corrected chi connectivity index (χ3v) is 4.57. The zero-order valence-electron chi connectivity index (χ0n) is 15.6. The van der Waals surface area contributed by atoms with E-state index in [9.17, 15) is 4.79 Å². The molecule has 2 heterocycles. The van der Waals surface area contributed by atoms with Gasteiger partial charge < -0.3 is 19.9 Å². The van der Waals surface area contributed by atoms with E-state index in [0.717, 1.165) is 49.1 Å². The molecule has 0 radical (unpaired) electrons. The molecule has 1 amide bonds. The summed E-state index contributed by atoms with van der Waals surface area (Å²) in [5.41, 5.74) is 1.87. The first kappa shape index (κ1) is 18.0. The number of aromatic nitrogens is 1. The maximum Gasteiger partial charge on any atom is 0.226 e. The average Bonchev–Trinajstić information content (AvgIpc) is 2.68. The highest BCUT2D eigenvalue weighted by molar-refractivity contribution is 5.91. The molecule has 3 rings (SSSR count). The van der Waals surface area contributed by atoms with Crippen molar-refractivity contribution in [1.29, 1.82) is 0 Å². The summed E-state index contributed by atoms with van der Waals surface area (Å²) in [5, 5.41) is 2.87. The molecule has 0 unspecified atom stereocenters. The third-order valence-electron chi connectivity index (χ3n) is 4.57. The highest BCUT2D eigenvalue weighted by Crippen LogP contribution is 2.29. The number of rotatable bonds is 5. The fraction of sp³-hybridized carbons (Fsp3) is 0.400. The Morgan fingerprint density at radius 2 is 1.77 bits per heavy atom. The fourth-order valence-electron chi connectivity index (χ4n) is 3.00. The summed E-state index contributed by atoms with van der Waals surface area (Å²) < 4.78 is 5.47. The lowest BCUT2D eigenvalue weighted by molar-refractivity contribution is -0.118. The Kier molecular flexibility index (Phi) is 5.61. The van der Waals surface area contributed by atoms with Crippen LogP contribution in [-0.2, 0) is 4.79 Å². The number of benzene rings is 1. The summed E-state index contributed by atoms with van der Waals surface area (Å²) >= 11 is 0. The van der Waals surface area contributed by atoms with Gasteiger partial charge in [-0.3, -0.25) is 4.79 Å².